The molecule has 0 aliphatic carbocycles. The molecule has 164 valence electrons. The third kappa shape index (κ3) is 5.89. The van der Waals surface area contributed by atoms with Gasteiger partial charge in [-0.25, -0.2) is 8.42 Å². The second kappa shape index (κ2) is 9.38. The van der Waals surface area contributed by atoms with Gasteiger partial charge in [0.15, 0.2) is 0 Å². The Balaban J connectivity index is 2.49. The third-order valence-corrected chi connectivity index (χ3v) is 6.15. The maximum Gasteiger partial charge on any atom is 0.268 e. The first kappa shape index (κ1) is 23.5. The second-order valence-electron chi connectivity index (χ2n) is 8.20. The summed E-state index contributed by atoms with van der Waals surface area (Å²) in [5.74, 6) is 0.409. The molecule has 0 aliphatic rings. The van der Waals surface area contributed by atoms with Crippen LogP contribution in [0.1, 0.15) is 26.3 Å². The number of carbonyl (C=O) groups excluding carboxylic acids is 1. The maximum atomic E-state index is 13.6. The zero-order valence-corrected chi connectivity index (χ0v) is 19.2. The lowest BCUT2D eigenvalue weighted by molar-refractivity contribution is -0.120. The lowest BCUT2D eigenvalue weighted by Crippen LogP contribution is -2.43. The summed E-state index contributed by atoms with van der Waals surface area (Å²) in [4.78, 5) is 12.6. The Kier molecular flexibility index (Phi) is 7.36. The molecular formula is C22H30N2O5S. The van der Waals surface area contributed by atoms with Crippen molar-refractivity contribution in [1.29, 1.82) is 0 Å². The van der Waals surface area contributed by atoms with Gasteiger partial charge in [-0.2, -0.15) is 0 Å². The van der Waals surface area contributed by atoms with Crippen molar-refractivity contribution in [3.63, 3.8) is 0 Å². The van der Waals surface area contributed by atoms with Crippen molar-refractivity contribution in [2.75, 3.05) is 31.6 Å². The number of methoxy groups -OCH3 is 2. The fourth-order valence-electron chi connectivity index (χ4n) is 2.72. The van der Waals surface area contributed by atoms with E-state index < -0.39 is 15.9 Å². The van der Waals surface area contributed by atoms with E-state index in [9.17, 15) is 13.2 Å². The largest absolute Gasteiger partial charge is 0.497 e. The topological polar surface area (TPSA) is 84.9 Å². The number of anilines is 1. The van der Waals surface area contributed by atoms with Gasteiger partial charge in [0.05, 0.1) is 19.9 Å². The molecule has 0 aliphatic heterocycles. The van der Waals surface area contributed by atoms with Crippen LogP contribution in [0, 0.1) is 12.3 Å². The molecule has 0 radical (unpaired) electrons. The molecule has 8 heteroatoms. The highest BCUT2D eigenvalue weighted by molar-refractivity contribution is 7.93. The van der Waals surface area contributed by atoms with Gasteiger partial charge in [0, 0.05) is 6.54 Å². The number of hydrogen-bond donors (Lipinski definition) is 1. The van der Waals surface area contributed by atoms with E-state index in [2.05, 4.69) is 5.32 Å². The number of benzene rings is 2. The Bertz CT molecular complexity index is 980. The van der Waals surface area contributed by atoms with Crippen molar-refractivity contribution in [2.24, 2.45) is 5.41 Å². The lowest BCUT2D eigenvalue weighted by Gasteiger charge is -2.26. The first-order valence-corrected chi connectivity index (χ1v) is 11.0. The van der Waals surface area contributed by atoms with Crippen LogP contribution in [-0.4, -0.2) is 41.6 Å². The van der Waals surface area contributed by atoms with E-state index in [4.69, 9.17) is 9.47 Å². The van der Waals surface area contributed by atoms with Crippen molar-refractivity contribution < 1.29 is 22.7 Å². The van der Waals surface area contributed by atoms with Crippen molar-refractivity contribution in [3.05, 3.63) is 48.0 Å². The number of aryl methyl sites for hydroxylation is 1. The number of sulfonamides is 1. The molecule has 0 fully saturated rings. The molecule has 7 nitrogen and oxygen atoms in total. The number of carbonyl (C=O) groups is 1. The number of rotatable bonds is 8. The van der Waals surface area contributed by atoms with Crippen molar-refractivity contribution in [2.45, 2.75) is 32.6 Å². The van der Waals surface area contributed by atoms with Crippen LogP contribution in [0.5, 0.6) is 11.5 Å². The van der Waals surface area contributed by atoms with Gasteiger partial charge in [0.25, 0.3) is 10.0 Å². The standard InChI is InChI=1S/C22H30N2O5S/c1-16-7-12-19(29-6)20(13-16)30(26,27)24(14-21(25)23-15-22(2,3)4)17-8-10-18(28-5)11-9-17/h7-13H,14-15H2,1-6H3,(H,23,25). The summed E-state index contributed by atoms with van der Waals surface area (Å²) < 4.78 is 38.7. The molecular weight excluding hydrogens is 404 g/mol. The van der Waals surface area contributed by atoms with E-state index in [1.807, 2.05) is 20.8 Å². The number of nitrogens with one attached hydrogen (secondary N) is 1. The van der Waals surface area contributed by atoms with E-state index in [-0.39, 0.29) is 22.6 Å². The smallest absolute Gasteiger partial charge is 0.268 e. The van der Waals surface area contributed by atoms with Crippen LogP contribution in [0.3, 0.4) is 0 Å². The highest BCUT2D eigenvalue weighted by atomic mass is 32.2. The van der Waals surface area contributed by atoms with E-state index in [1.54, 1.807) is 43.3 Å². The van der Waals surface area contributed by atoms with Gasteiger partial charge in [0.1, 0.15) is 22.9 Å². The predicted molar refractivity (Wildman–Crippen MR) is 118 cm³/mol. The molecule has 2 rings (SSSR count). The number of amides is 1. The van der Waals surface area contributed by atoms with Crippen molar-refractivity contribution in [1.82, 2.24) is 5.32 Å². The Morgan fingerprint density at radius 1 is 1.03 bits per heavy atom. The van der Waals surface area contributed by atoms with E-state index >= 15 is 0 Å². The molecule has 30 heavy (non-hydrogen) atoms. The first-order valence-electron chi connectivity index (χ1n) is 9.56. The average molecular weight is 435 g/mol. The average Bonchev–Trinajstić information content (AvgIpc) is 2.70. The summed E-state index contributed by atoms with van der Waals surface area (Å²) in [6.45, 7) is 7.83. The highest BCUT2D eigenvalue weighted by Crippen LogP contribution is 2.31. The van der Waals surface area contributed by atoms with Crippen LogP contribution < -0.4 is 19.1 Å². The van der Waals surface area contributed by atoms with Gasteiger partial charge < -0.3 is 14.8 Å². The minimum atomic E-state index is -4.08. The van der Waals surface area contributed by atoms with Crippen LogP contribution in [0.4, 0.5) is 5.69 Å². The van der Waals surface area contributed by atoms with Crippen molar-refractivity contribution in [3.8, 4) is 11.5 Å². The fraction of sp³-hybridized carbons (Fsp3) is 0.409. The lowest BCUT2D eigenvalue weighted by atomic mass is 9.97. The van der Waals surface area contributed by atoms with Crippen LogP contribution in [-0.2, 0) is 14.8 Å². The van der Waals surface area contributed by atoms with Crippen LogP contribution in [0.25, 0.3) is 0 Å². The summed E-state index contributed by atoms with van der Waals surface area (Å²) in [6.07, 6.45) is 0. The predicted octanol–water partition coefficient (Wildman–Crippen LogP) is 3.37. The summed E-state index contributed by atoms with van der Waals surface area (Å²) in [6, 6.07) is 11.4. The molecule has 2 aromatic rings. The Hall–Kier alpha value is -2.74. The van der Waals surface area contributed by atoms with Crippen LogP contribution in [0.2, 0.25) is 0 Å². The molecule has 0 saturated heterocycles. The zero-order chi connectivity index (χ0) is 22.5. The van der Waals surface area contributed by atoms with Gasteiger partial charge in [0.2, 0.25) is 5.91 Å². The first-order chi connectivity index (χ1) is 14.0. The number of nitrogens with zero attached hydrogens (tertiary/aromatic N) is 1. The summed E-state index contributed by atoms with van der Waals surface area (Å²) in [5, 5.41) is 2.81. The molecule has 0 spiro atoms. The minimum Gasteiger partial charge on any atom is -0.497 e. The Labute approximate surface area is 179 Å². The van der Waals surface area contributed by atoms with Crippen LogP contribution in [0.15, 0.2) is 47.4 Å². The minimum absolute atomic E-state index is 0.00411. The van der Waals surface area contributed by atoms with Gasteiger partial charge >= 0.3 is 0 Å². The zero-order valence-electron chi connectivity index (χ0n) is 18.4. The molecule has 1 N–H and O–H groups in total. The molecule has 1 amide bonds. The number of hydrogen-bond acceptors (Lipinski definition) is 5. The van der Waals surface area contributed by atoms with Gasteiger partial charge in [-0.05, 0) is 54.3 Å². The normalized spacial score (nSPS) is 11.7. The molecule has 0 heterocycles. The Morgan fingerprint density at radius 3 is 2.20 bits per heavy atom. The van der Waals surface area contributed by atoms with E-state index in [0.29, 0.717) is 18.0 Å². The van der Waals surface area contributed by atoms with E-state index in [0.717, 1.165) is 9.87 Å². The summed E-state index contributed by atoms with van der Waals surface area (Å²) in [5.41, 5.74) is 0.991. The van der Waals surface area contributed by atoms with Crippen molar-refractivity contribution >= 4 is 21.6 Å². The number of ether oxygens (including phenoxy) is 2. The monoisotopic (exact) mass is 434 g/mol. The van der Waals surface area contributed by atoms with Gasteiger partial charge in [-0.3, -0.25) is 9.10 Å². The SMILES string of the molecule is COc1ccc(N(CC(=O)NCC(C)(C)C)S(=O)(=O)c2cc(C)ccc2OC)cc1. The molecule has 0 saturated carbocycles. The quantitative estimate of drug-likeness (QED) is 0.689. The molecule has 0 bridgehead atoms. The van der Waals surface area contributed by atoms with Gasteiger partial charge in [-0.15, -0.1) is 0 Å². The van der Waals surface area contributed by atoms with E-state index in [1.165, 1.54) is 20.3 Å². The summed E-state index contributed by atoms with van der Waals surface area (Å²) in [7, 11) is -1.14. The second-order valence-corrected chi connectivity index (χ2v) is 10.0. The third-order valence-electron chi connectivity index (χ3n) is 4.35. The highest BCUT2D eigenvalue weighted by Gasteiger charge is 2.30. The Morgan fingerprint density at radius 2 is 1.67 bits per heavy atom. The maximum absolute atomic E-state index is 13.6. The van der Waals surface area contributed by atoms with Gasteiger partial charge in [-0.1, -0.05) is 26.8 Å². The molecule has 0 aromatic heterocycles. The molecule has 2 aromatic carbocycles. The van der Waals surface area contributed by atoms with Crippen LogP contribution >= 0.6 is 0 Å². The fourth-order valence-corrected chi connectivity index (χ4v) is 4.38. The summed E-state index contributed by atoms with van der Waals surface area (Å²) >= 11 is 0. The molecule has 0 unspecified atom stereocenters. The molecule has 0 atom stereocenters.